The van der Waals surface area contributed by atoms with Gasteiger partial charge in [0.05, 0.1) is 13.1 Å². The van der Waals surface area contributed by atoms with E-state index < -0.39 is 0 Å². The molecule has 0 bridgehead atoms. The SMILES string of the molecule is Cc1cc(OC2CN(C(=O)CC(C)C)C2)cc(=O)n1C. The van der Waals surface area contributed by atoms with Crippen molar-refractivity contribution in [2.45, 2.75) is 33.3 Å². The van der Waals surface area contributed by atoms with Gasteiger partial charge in [-0.3, -0.25) is 9.59 Å². The van der Waals surface area contributed by atoms with Crippen LogP contribution in [0.1, 0.15) is 26.0 Å². The summed E-state index contributed by atoms with van der Waals surface area (Å²) in [5.41, 5.74) is 0.784. The highest BCUT2D eigenvalue weighted by atomic mass is 16.5. The van der Waals surface area contributed by atoms with E-state index in [9.17, 15) is 9.59 Å². The van der Waals surface area contributed by atoms with Crippen molar-refractivity contribution in [2.75, 3.05) is 13.1 Å². The van der Waals surface area contributed by atoms with Crippen molar-refractivity contribution in [3.8, 4) is 5.75 Å². The predicted octanol–water partition coefficient (Wildman–Crippen LogP) is 1.33. The van der Waals surface area contributed by atoms with Crippen molar-refractivity contribution in [1.82, 2.24) is 9.47 Å². The summed E-state index contributed by atoms with van der Waals surface area (Å²) in [6, 6.07) is 3.34. The molecule has 20 heavy (non-hydrogen) atoms. The number of amides is 1. The lowest BCUT2D eigenvalue weighted by atomic mass is 10.1. The van der Waals surface area contributed by atoms with Crippen molar-refractivity contribution in [1.29, 1.82) is 0 Å². The number of nitrogens with zero attached hydrogens (tertiary/aromatic N) is 2. The summed E-state index contributed by atoms with van der Waals surface area (Å²) < 4.78 is 7.32. The first-order valence-corrected chi connectivity index (χ1v) is 6.99. The van der Waals surface area contributed by atoms with Gasteiger partial charge in [-0.25, -0.2) is 0 Å². The second-order valence-corrected chi connectivity index (χ2v) is 5.87. The second kappa shape index (κ2) is 5.69. The van der Waals surface area contributed by atoms with Gasteiger partial charge in [-0.15, -0.1) is 0 Å². The molecule has 1 aromatic heterocycles. The Morgan fingerprint density at radius 3 is 2.60 bits per heavy atom. The molecular formula is C15H22N2O3. The molecule has 0 N–H and O–H groups in total. The molecule has 0 aliphatic carbocycles. The van der Waals surface area contributed by atoms with Crippen molar-refractivity contribution < 1.29 is 9.53 Å². The molecule has 2 rings (SSSR count). The van der Waals surface area contributed by atoms with Crippen LogP contribution in [0.3, 0.4) is 0 Å². The van der Waals surface area contributed by atoms with Crippen molar-refractivity contribution in [3.05, 3.63) is 28.2 Å². The quantitative estimate of drug-likeness (QED) is 0.835. The van der Waals surface area contributed by atoms with Crippen LogP contribution in [-0.4, -0.2) is 34.6 Å². The monoisotopic (exact) mass is 278 g/mol. The van der Waals surface area contributed by atoms with Crippen LogP contribution in [0.15, 0.2) is 16.9 Å². The Labute approximate surface area is 119 Å². The molecular weight excluding hydrogens is 256 g/mol. The number of carbonyl (C=O) groups is 1. The van der Waals surface area contributed by atoms with E-state index in [4.69, 9.17) is 4.74 Å². The molecule has 0 radical (unpaired) electrons. The number of ether oxygens (including phenoxy) is 1. The average molecular weight is 278 g/mol. The summed E-state index contributed by atoms with van der Waals surface area (Å²) in [7, 11) is 1.73. The van der Waals surface area contributed by atoms with Crippen molar-refractivity contribution in [3.63, 3.8) is 0 Å². The van der Waals surface area contributed by atoms with E-state index in [2.05, 4.69) is 0 Å². The molecule has 0 saturated carbocycles. The number of hydrogen-bond donors (Lipinski definition) is 0. The lowest BCUT2D eigenvalue weighted by Crippen LogP contribution is -2.56. The molecule has 1 aliphatic heterocycles. The first-order chi connectivity index (χ1) is 9.36. The first-order valence-electron chi connectivity index (χ1n) is 6.99. The normalized spacial score (nSPS) is 15.3. The topological polar surface area (TPSA) is 51.5 Å². The molecule has 2 heterocycles. The summed E-state index contributed by atoms with van der Waals surface area (Å²) in [6.07, 6.45) is 0.579. The zero-order valence-electron chi connectivity index (χ0n) is 12.5. The van der Waals surface area contributed by atoms with Gasteiger partial charge in [-0.1, -0.05) is 13.8 Å². The summed E-state index contributed by atoms with van der Waals surface area (Å²) in [5, 5.41) is 0. The number of likely N-dealkylation sites (tertiary alicyclic amines) is 1. The Hall–Kier alpha value is -1.78. The number of aromatic nitrogens is 1. The number of aryl methyl sites for hydroxylation is 1. The lowest BCUT2D eigenvalue weighted by Gasteiger charge is -2.39. The molecule has 1 aromatic rings. The number of rotatable bonds is 4. The Bertz CT molecular complexity index is 557. The molecule has 1 aliphatic rings. The fourth-order valence-electron chi connectivity index (χ4n) is 2.19. The summed E-state index contributed by atoms with van der Waals surface area (Å²) >= 11 is 0. The minimum Gasteiger partial charge on any atom is -0.486 e. The Balaban J connectivity index is 1.89. The van der Waals surface area contributed by atoms with Crippen LogP contribution in [-0.2, 0) is 11.8 Å². The number of hydrogen-bond acceptors (Lipinski definition) is 3. The number of pyridine rings is 1. The molecule has 1 fully saturated rings. The van der Waals surface area contributed by atoms with Gasteiger partial charge in [0.1, 0.15) is 11.9 Å². The Morgan fingerprint density at radius 1 is 1.40 bits per heavy atom. The smallest absolute Gasteiger partial charge is 0.254 e. The minimum atomic E-state index is -0.0768. The summed E-state index contributed by atoms with van der Waals surface area (Å²) in [4.78, 5) is 25.3. The molecule has 5 heteroatoms. The predicted molar refractivity (Wildman–Crippen MR) is 76.9 cm³/mol. The van der Waals surface area contributed by atoms with Crippen LogP contribution < -0.4 is 10.3 Å². The van der Waals surface area contributed by atoms with Gasteiger partial charge in [-0.05, 0) is 18.9 Å². The van der Waals surface area contributed by atoms with Crippen LogP contribution in [0.25, 0.3) is 0 Å². The molecule has 0 unspecified atom stereocenters. The molecule has 0 spiro atoms. The van der Waals surface area contributed by atoms with Gasteiger partial charge in [0.25, 0.3) is 5.56 Å². The maximum Gasteiger partial charge on any atom is 0.254 e. The zero-order valence-corrected chi connectivity index (χ0v) is 12.5. The molecule has 1 saturated heterocycles. The van der Waals surface area contributed by atoms with Gasteiger partial charge in [0.15, 0.2) is 0 Å². The molecule has 5 nitrogen and oxygen atoms in total. The first kappa shape index (κ1) is 14.6. The van der Waals surface area contributed by atoms with Gasteiger partial charge in [0, 0.05) is 25.2 Å². The van der Waals surface area contributed by atoms with Gasteiger partial charge in [-0.2, -0.15) is 0 Å². The van der Waals surface area contributed by atoms with E-state index in [-0.39, 0.29) is 17.6 Å². The van der Waals surface area contributed by atoms with E-state index in [1.807, 2.05) is 26.8 Å². The highest BCUT2D eigenvalue weighted by Gasteiger charge is 2.32. The Kier molecular flexibility index (Phi) is 4.16. The summed E-state index contributed by atoms with van der Waals surface area (Å²) in [5.74, 6) is 1.15. The fraction of sp³-hybridized carbons (Fsp3) is 0.600. The van der Waals surface area contributed by atoms with Crippen molar-refractivity contribution >= 4 is 5.91 Å². The Morgan fingerprint density at radius 2 is 2.05 bits per heavy atom. The molecule has 0 atom stereocenters. The second-order valence-electron chi connectivity index (χ2n) is 5.87. The fourth-order valence-corrected chi connectivity index (χ4v) is 2.19. The molecule has 1 amide bonds. The largest absolute Gasteiger partial charge is 0.486 e. The van der Waals surface area contributed by atoms with E-state index in [0.29, 0.717) is 31.2 Å². The van der Waals surface area contributed by atoms with Crippen LogP contribution in [0.5, 0.6) is 5.75 Å². The standard InChI is InChI=1S/C15H22N2O3/c1-10(2)5-15(19)17-8-13(9-17)20-12-6-11(3)16(4)14(18)7-12/h6-7,10,13H,5,8-9H2,1-4H3. The number of carbonyl (C=O) groups excluding carboxylic acids is 1. The molecule has 110 valence electrons. The zero-order chi connectivity index (χ0) is 14.9. The van der Waals surface area contributed by atoms with Crippen LogP contribution in [0, 0.1) is 12.8 Å². The van der Waals surface area contributed by atoms with Crippen LogP contribution in [0.4, 0.5) is 0 Å². The van der Waals surface area contributed by atoms with E-state index in [1.165, 1.54) is 6.07 Å². The van der Waals surface area contributed by atoms with Gasteiger partial charge in [0.2, 0.25) is 5.91 Å². The third kappa shape index (κ3) is 3.21. The van der Waals surface area contributed by atoms with Crippen molar-refractivity contribution in [2.24, 2.45) is 13.0 Å². The van der Waals surface area contributed by atoms with E-state index >= 15 is 0 Å². The maximum absolute atomic E-state index is 11.8. The van der Waals surface area contributed by atoms with E-state index in [0.717, 1.165) is 5.69 Å². The van der Waals surface area contributed by atoms with Gasteiger partial charge < -0.3 is 14.2 Å². The third-order valence-electron chi connectivity index (χ3n) is 3.56. The molecule has 0 aromatic carbocycles. The lowest BCUT2D eigenvalue weighted by molar-refractivity contribution is -0.140. The van der Waals surface area contributed by atoms with Gasteiger partial charge >= 0.3 is 0 Å². The minimum absolute atomic E-state index is 0.00221. The highest BCUT2D eigenvalue weighted by Crippen LogP contribution is 2.19. The van der Waals surface area contributed by atoms with E-state index in [1.54, 1.807) is 16.5 Å². The third-order valence-corrected chi connectivity index (χ3v) is 3.56. The summed E-state index contributed by atoms with van der Waals surface area (Å²) in [6.45, 7) is 7.16. The van der Waals surface area contributed by atoms with Crippen LogP contribution in [0.2, 0.25) is 0 Å². The maximum atomic E-state index is 11.8. The average Bonchev–Trinajstić information content (AvgIpc) is 2.28. The highest BCUT2D eigenvalue weighted by molar-refractivity contribution is 5.77. The van der Waals surface area contributed by atoms with Crippen LogP contribution >= 0.6 is 0 Å².